The van der Waals surface area contributed by atoms with Crippen molar-refractivity contribution in [1.29, 1.82) is 0 Å². The zero-order valence-corrected chi connectivity index (χ0v) is 11.3. The van der Waals surface area contributed by atoms with E-state index < -0.39 is 0 Å². The van der Waals surface area contributed by atoms with Crippen LogP contribution in [0.15, 0.2) is 58.5 Å². The van der Waals surface area contributed by atoms with Gasteiger partial charge in [-0.1, -0.05) is 30.3 Å². The summed E-state index contributed by atoms with van der Waals surface area (Å²) in [6.45, 7) is 1.92. The Kier molecular flexibility index (Phi) is 2.87. The molecule has 0 N–H and O–H groups in total. The van der Waals surface area contributed by atoms with Crippen molar-refractivity contribution < 1.29 is 0 Å². The fourth-order valence-electron chi connectivity index (χ4n) is 2.19. The average molecular weight is 268 g/mol. The molecule has 4 heteroatoms. The maximum atomic E-state index is 12.6. The van der Waals surface area contributed by atoms with Gasteiger partial charge in [-0.3, -0.25) is 9.36 Å². The van der Waals surface area contributed by atoms with Crippen LogP contribution in [0.3, 0.4) is 0 Å². The Morgan fingerprint density at radius 2 is 1.79 bits per heavy atom. The van der Waals surface area contributed by atoms with E-state index in [9.17, 15) is 4.79 Å². The molecule has 0 bridgehead atoms. The number of benzene rings is 2. The summed E-state index contributed by atoms with van der Waals surface area (Å²) < 4.78 is 1.53. The molecular weight excluding hydrogens is 256 g/mol. The lowest BCUT2D eigenvalue weighted by Gasteiger charge is -2.10. The summed E-state index contributed by atoms with van der Waals surface area (Å²) in [7, 11) is 0. The van der Waals surface area contributed by atoms with E-state index in [1.807, 2.05) is 55.5 Å². The molecule has 0 spiro atoms. The minimum absolute atomic E-state index is 0.0840. The lowest BCUT2D eigenvalue weighted by Crippen LogP contribution is -2.21. The summed E-state index contributed by atoms with van der Waals surface area (Å²) in [4.78, 5) is 17.0. The maximum Gasteiger partial charge on any atom is 0.266 e. The van der Waals surface area contributed by atoms with Gasteiger partial charge in [0.1, 0.15) is 0 Å². The summed E-state index contributed by atoms with van der Waals surface area (Å²) in [5.41, 5.74) is 2.30. The summed E-state index contributed by atoms with van der Waals surface area (Å²) in [6, 6.07) is 15.1. The van der Waals surface area contributed by atoms with Gasteiger partial charge in [0.25, 0.3) is 5.56 Å². The second-order valence-corrected chi connectivity index (χ2v) is 4.76. The van der Waals surface area contributed by atoms with Crippen molar-refractivity contribution in [1.82, 2.24) is 9.55 Å². The van der Waals surface area contributed by atoms with E-state index in [-0.39, 0.29) is 5.56 Å². The lowest BCUT2D eigenvalue weighted by molar-refractivity contribution is 0.823. The molecule has 0 saturated carbocycles. The number of fused-ring (bicyclic) bond motifs is 1. The summed E-state index contributed by atoms with van der Waals surface area (Å²) in [5.74, 6) is 0. The molecule has 0 aliphatic heterocycles. The van der Waals surface area contributed by atoms with Crippen molar-refractivity contribution in [2.45, 2.75) is 12.1 Å². The number of rotatable bonds is 1. The molecule has 0 aliphatic carbocycles. The van der Waals surface area contributed by atoms with E-state index in [2.05, 4.69) is 17.6 Å². The van der Waals surface area contributed by atoms with Gasteiger partial charge in [0.2, 0.25) is 0 Å². The molecule has 1 heterocycles. The van der Waals surface area contributed by atoms with E-state index in [0.717, 1.165) is 11.3 Å². The van der Waals surface area contributed by atoms with Crippen molar-refractivity contribution in [3.05, 3.63) is 64.4 Å². The van der Waals surface area contributed by atoms with Crippen molar-refractivity contribution in [3.63, 3.8) is 0 Å². The van der Waals surface area contributed by atoms with Crippen LogP contribution in [0.4, 0.5) is 0 Å². The van der Waals surface area contributed by atoms with Gasteiger partial charge in [-0.2, -0.15) is 0 Å². The number of hydrogen-bond donors (Lipinski definition) is 1. The second kappa shape index (κ2) is 4.55. The zero-order valence-electron chi connectivity index (χ0n) is 10.4. The van der Waals surface area contributed by atoms with E-state index >= 15 is 0 Å². The molecule has 0 aliphatic rings. The molecule has 19 heavy (non-hydrogen) atoms. The van der Waals surface area contributed by atoms with Crippen LogP contribution < -0.4 is 5.56 Å². The average Bonchev–Trinajstić information content (AvgIpc) is 2.39. The van der Waals surface area contributed by atoms with Gasteiger partial charge in [0, 0.05) is 0 Å². The third-order valence-corrected chi connectivity index (χ3v) is 3.40. The highest BCUT2D eigenvalue weighted by Crippen LogP contribution is 2.17. The highest BCUT2D eigenvalue weighted by atomic mass is 32.1. The molecule has 0 saturated heterocycles. The van der Waals surface area contributed by atoms with Crippen molar-refractivity contribution in [3.8, 4) is 5.69 Å². The topological polar surface area (TPSA) is 34.9 Å². The summed E-state index contributed by atoms with van der Waals surface area (Å²) in [6.07, 6.45) is 0. The smallest absolute Gasteiger partial charge is 0.266 e. The first-order valence-electron chi connectivity index (χ1n) is 5.95. The number of thiol groups is 1. The van der Waals surface area contributed by atoms with Gasteiger partial charge >= 0.3 is 0 Å². The van der Waals surface area contributed by atoms with Gasteiger partial charge in [0.05, 0.1) is 16.6 Å². The fourth-order valence-corrected chi connectivity index (χ4v) is 2.51. The maximum absolute atomic E-state index is 12.6. The molecule has 0 atom stereocenters. The number of aryl methyl sites for hydroxylation is 1. The summed E-state index contributed by atoms with van der Waals surface area (Å²) in [5, 5.41) is 1.04. The van der Waals surface area contributed by atoms with Gasteiger partial charge in [-0.15, -0.1) is 12.6 Å². The molecule has 0 radical (unpaired) electrons. The predicted octanol–water partition coefficient (Wildman–Crippen LogP) is 2.98. The molecule has 0 amide bonds. The van der Waals surface area contributed by atoms with Crippen LogP contribution in [0, 0.1) is 6.92 Å². The minimum atomic E-state index is -0.0840. The minimum Gasteiger partial charge on any atom is -0.268 e. The quantitative estimate of drug-likeness (QED) is 0.544. The third kappa shape index (κ3) is 1.94. The molecule has 3 nitrogen and oxygen atoms in total. The van der Waals surface area contributed by atoms with E-state index in [4.69, 9.17) is 0 Å². The fraction of sp³-hybridized carbons (Fsp3) is 0.0667. The largest absolute Gasteiger partial charge is 0.268 e. The Morgan fingerprint density at radius 1 is 1.05 bits per heavy atom. The number of hydrogen-bond acceptors (Lipinski definition) is 3. The standard InChI is InChI=1S/C15H12N2OS/c1-10-6-5-9-12-13(10)14(18)17(15(19)16-12)11-7-3-2-4-8-11/h2-9H,1H3,(H,16,19). The molecule has 0 unspecified atom stereocenters. The van der Waals surface area contributed by atoms with E-state index in [1.54, 1.807) is 0 Å². The summed E-state index contributed by atoms with van der Waals surface area (Å²) >= 11 is 4.34. The molecule has 3 aromatic rings. The van der Waals surface area contributed by atoms with Crippen LogP contribution in [0.1, 0.15) is 5.56 Å². The highest BCUT2D eigenvalue weighted by Gasteiger charge is 2.11. The SMILES string of the molecule is Cc1cccc2nc(S)n(-c3ccccc3)c(=O)c12. The van der Waals surface area contributed by atoms with Crippen LogP contribution in [0.5, 0.6) is 0 Å². The van der Waals surface area contributed by atoms with Crippen LogP contribution in [0.2, 0.25) is 0 Å². The highest BCUT2D eigenvalue weighted by molar-refractivity contribution is 7.80. The first-order valence-corrected chi connectivity index (χ1v) is 6.40. The van der Waals surface area contributed by atoms with Crippen molar-refractivity contribution >= 4 is 23.5 Å². The number of nitrogens with zero attached hydrogens (tertiary/aromatic N) is 2. The Hall–Kier alpha value is -2.07. The van der Waals surface area contributed by atoms with Gasteiger partial charge in [-0.25, -0.2) is 4.98 Å². The van der Waals surface area contributed by atoms with Crippen LogP contribution in [-0.4, -0.2) is 9.55 Å². The van der Waals surface area contributed by atoms with Crippen LogP contribution >= 0.6 is 12.6 Å². The van der Waals surface area contributed by atoms with Crippen molar-refractivity contribution in [2.24, 2.45) is 0 Å². The molecule has 1 aromatic heterocycles. The van der Waals surface area contributed by atoms with Crippen molar-refractivity contribution in [2.75, 3.05) is 0 Å². The molecule has 2 aromatic carbocycles. The van der Waals surface area contributed by atoms with Gasteiger partial charge < -0.3 is 0 Å². The monoisotopic (exact) mass is 268 g/mol. The van der Waals surface area contributed by atoms with E-state index in [0.29, 0.717) is 16.1 Å². The Balaban J connectivity index is 2.45. The second-order valence-electron chi connectivity index (χ2n) is 4.36. The number of para-hydroxylation sites is 1. The van der Waals surface area contributed by atoms with Crippen LogP contribution in [-0.2, 0) is 0 Å². The molecule has 94 valence electrons. The Bertz CT molecular complexity index is 809. The van der Waals surface area contributed by atoms with Gasteiger partial charge in [0.15, 0.2) is 5.16 Å². The first-order chi connectivity index (χ1) is 9.18. The molecular formula is C15H12N2OS. The molecule has 0 fully saturated rings. The molecule has 3 rings (SSSR count). The van der Waals surface area contributed by atoms with Crippen LogP contribution in [0.25, 0.3) is 16.6 Å². The first kappa shape index (κ1) is 12.0. The van der Waals surface area contributed by atoms with E-state index in [1.165, 1.54) is 4.57 Å². The number of aromatic nitrogens is 2. The Morgan fingerprint density at radius 3 is 2.53 bits per heavy atom. The zero-order chi connectivity index (χ0) is 13.4. The third-order valence-electron chi connectivity index (χ3n) is 3.10. The lowest BCUT2D eigenvalue weighted by atomic mass is 10.1. The normalized spacial score (nSPS) is 10.8. The van der Waals surface area contributed by atoms with Gasteiger partial charge in [-0.05, 0) is 30.7 Å². The predicted molar refractivity (Wildman–Crippen MR) is 79.3 cm³/mol. The Labute approximate surface area is 116 Å².